The van der Waals surface area contributed by atoms with Crippen LogP contribution in [0.15, 0.2) is 24.3 Å². The summed E-state index contributed by atoms with van der Waals surface area (Å²) in [6, 6.07) is 8.75. The van der Waals surface area contributed by atoms with Crippen molar-refractivity contribution in [2.75, 3.05) is 12.4 Å². The minimum absolute atomic E-state index is 0.768. The predicted octanol–water partition coefficient (Wildman–Crippen LogP) is 4.25. The minimum Gasteiger partial charge on any atom is -0.372 e. The van der Waals surface area contributed by atoms with Crippen molar-refractivity contribution >= 4 is 27.4 Å². The highest BCUT2D eigenvalue weighted by Gasteiger charge is 2.10. The number of aromatic nitrogens is 2. The van der Waals surface area contributed by atoms with Crippen molar-refractivity contribution < 1.29 is 0 Å². The molecular formula is C17H19N3S. The molecule has 0 amide bonds. The molecule has 3 rings (SSSR count). The van der Waals surface area contributed by atoms with Gasteiger partial charge in [0.15, 0.2) is 0 Å². The lowest BCUT2D eigenvalue weighted by Crippen LogP contribution is -2.01. The molecule has 3 aromatic rings. The first kappa shape index (κ1) is 14.0. The van der Waals surface area contributed by atoms with E-state index < -0.39 is 0 Å². The van der Waals surface area contributed by atoms with Gasteiger partial charge in [0.25, 0.3) is 0 Å². The molecule has 0 spiro atoms. The fraction of sp³-hybridized carbons (Fsp3) is 0.294. The van der Waals surface area contributed by atoms with Crippen LogP contribution < -0.4 is 5.32 Å². The molecule has 108 valence electrons. The average Bonchev–Trinajstić information content (AvgIpc) is 2.76. The van der Waals surface area contributed by atoms with Crippen molar-refractivity contribution in [2.24, 2.45) is 0 Å². The second-order valence-corrected chi connectivity index (χ2v) is 6.72. The maximum atomic E-state index is 4.73. The molecule has 2 aromatic heterocycles. The van der Waals surface area contributed by atoms with E-state index in [1.165, 1.54) is 21.6 Å². The van der Waals surface area contributed by atoms with E-state index in [0.29, 0.717) is 0 Å². The summed E-state index contributed by atoms with van der Waals surface area (Å²) in [5, 5.41) is 4.30. The number of nitrogens with one attached hydrogen (secondary N) is 1. The largest absolute Gasteiger partial charge is 0.372 e. The molecule has 0 radical (unpaired) electrons. The summed E-state index contributed by atoms with van der Waals surface area (Å²) in [7, 11) is 1.91. The Kier molecular flexibility index (Phi) is 3.64. The third kappa shape index (κ3) is 2.90. The number of rotatable bonds is 3. The van der Waals surface area contributed by atoms with Gasteiger partial charge in [-0.15, -0.1) is 11.3 Å². The van der Waals surface area contributed by atoms with Gasteiger partial charge in [-0.25, -0.2) is 9.97 Å². The van der Waals surface area contributed by atoms with Gasteiger partial charge < -0.3 is 5.32 Å². The fourth-order valence-electron chi connectivity index (χ4n) is 2.71. The van der Waals surface area contributed by atoms with Gasteiger partial charge >= 0.3 is 0 Å². The van der Waals surface area contributed by atoms with E-state index in [0.717, 1.165) is 28.3 Å². The monoisotopic (exact) mass is 297 g/mol. The van der Waals surface area contributed by atoms with Crippen molar-refractivity contribution in [1.82, 2.24) is 9.97 Å². The molecule has 21 heavy (non-hydrogen) atoms. The van der Waals surface area contributed by atoms with Crippen LogP contribution in [0.1, 0.15) is 27.4 Å². The summed E-state index contributed by atoms with van der Waals surface area (Å²) >= 11 is 1.72. The van der Waals surface area contributed by atoms with Crippen LogP contribution in [0.2, 0.25) is 0 Å². The number of aryl methyl sites for hydroxylation is 3. The maximum absolute atomic E-state index is 4.73. The Labute approximate surface area is 129 Å². The zero-order valence-corrected chi connectivity index (χ0v) is 13.6. The lowest BCUT2D eigenvalue weighted by molar-refractivity contribution is 0.993. The summed E-state index contributed by atoms with van der Waals surface area (Å²) in [6.45, 7) is 6.36. The van der Waals surface area contributed by atoms with E-state index in [9.17, 15) is 0 Å². The van der Waals surface area contributed by atoms with Crippen LogP contribution >= 0.6 is 11.3 Å². The molecular weight excluding hydrogens is 278 g/mol. The van der Waals surface area contributed by atoms with E-state index >= 15 is 0 Å². The zero-order chi connectivity index (χ0) is 15.0. The topological polar surface area (TPSA) is 37.8 Å². The van der Waals surface area contributed by atoms with Crippen molar-refractivity contribution in [3.8, 4) is 0 Å². The first-order chi connectivity index (χ1) is 10.0. The number of anilines is 1. The third-order valence-electron chi connectivity index (χ3n) is 3.44. The fourth-order valence-corrected chi connectivity index (χ4v) is 3.61. The number of hydrogen-bond donors (Lipinski definition) is 1. The highest BCUT2D eigenvalue weighted by atomic mass is 32.1. The first-order valence-corrected chi connectivity index (χ1v) is 7.89. The number of benzene rings is 1. The molecule has 0 aliphatic rings. The number of thiophene rings is 1. The molecule has 0 saturated carbocycles. The number of hydrogen-bond acceptors (Lipinski definition) is 4. The summed E-state index contributed by atoms with van der Waals surface area (Å²) in [6.07, 6.45) is 0.768. The molecule has 0 atom stereocenters. The molecule has 0 fully saturated rings. The van der Waals surface area contributed by atoms with Crippen LogP contribution in [0.25, 0.3) is 10.2 Å². The highest BCUT2D eigenvalue weighted by Crippen LogP contribution is 2.28. The van der Waals surface area contributed by atoms with E-state index in [1.54, 1.807) is 11.3 Å². The van der Waals surface area contributed by atoms with Gasteiger partial charge in [0.05, 0.1) is 5.39 Å². The molecule has 1 N–H and O–H groups in total. The second-order valence-electron chi connectivity index (χ2n) is 5.49. The van der Waals surface area contributed by atoms with Crippen molar-refractivity contribution in [3.05, 3.63) is 51.7 Å². The third-order valence-corrected chi connectivity index (χ3v) is 4.39. The highest BCUT2D eigenvalue weighted by molar-refractivity contribution is 7.18. The van der Waals surface area contributed by atoms with Gasteiger partial charge in [-0.2, -0.15) is 0 Å². The number of nitrogens with zero attached hydrogens (tertiary/aromatic N) is 2. The second kappa shape index (κ2) is 5.45. The summed E-state index contributed by atoms with van der Waals surface area (Å²) in [4.78, 5) is 11.7. The molecule has 1 aromatic carbocycles. The van der Waals surface area contributed by atoms with E-state index in [-0.39, 0.29) is 0 Å². The maximum Gasteiger partial charge on any atom is 0.138 e. The predicted molar refractivity (Wildman–Crippen MR) is 90.4 cm³/mol. The Bertz CT molecular complexity index is 785. The lowest BCUT2D eigenvalue weighted by atomic mass is 10.0. The van der Waals surface area contributed by atoms with Gasteiger partial charge in [0.1, 0.15) is 16.5 Å². The molecule has 0 aliphatic heterocycles. The molecule has 0 unspecified atom stereocenters. The Balaban J connectivity index is 2.03. The van der Waals surface area contributed by atoms with E-state index in [2.05, 4.69) is 55.3 Å². The van der Waals surface area contributed by atoms with Gasteiger partial charge in [0, 0.05) is 18.3 Å². The molecule has 0 aliphatic carbocycles. The lowest BCUT2D eigenvalue weighted by Gasteiger charge is -2.07. The quantitative estimate of drug-likeness (QED) is 0.785. The van der Waals surface area contributed by atoms with Crippen LogP contribution in [0.4, 0.5) is 5.82 Å². The van der Waals surface area contributed by atoms with Crippen molar-refractivity contribution in [3.63, 3.8) is 0 Å². The molecule has 4 heteroatoms. The first-order valence-electron chi connectivity index (χ1n) is 7.07. The van der Waals surface area contributed by atoms with Crippen LogP contribution in [0.3, 0.4) is 0 Å². The Morgan fingerprint density at radius 2 is 1.71 bits per heavy atom. The molecule has 2 heterocycles. The van der Waals surface area contributed by atoms with Crippen LogP contribution in [0, 0.1) is 20.8 Å². The van der Waals surface area contributed by atoms with Gasteiger partial charge in [-0.1, -0.05) is 29.3 Å². The Morgan fingerprint density at radius 3 is 2.38 bits per heavy atom. The van der Waals surface area contributed by atoms with Crippen LogP contribution in [-0.2, 0) is 6.42 Å². The normalized spacial score (nSPS) is 11.0. The average molecular weight is 297 g/mol. The molecule has 0 bridgehead atoms. The van der Waals surface area contributed by atoms with Crippen LogP contribution in [0.5, 0.6) is 0 Å². The van der Waals surface area contributed by atoms with Crippen LogP contribution in [-0.4, -0.2) is 17.0 Å². The van der Waals surface area contributed by atoms with E-state index in [1.807, 2.05) is 7.05 Å². The SMILES string of the molecule is CNc1nc(Cc2cc(C)cc(C)c2)nc2sc(C)cc12. The van der Waals surface area contributed by atoms with Crippen molar-refractivity contribution in [2.45, 2.75) is 27.2 Å². The summed E-state index contributed by atoms with van der Waals surface area (Å²) < 4.78 is 0. The van der Waals surface area contributed by atoms with Gasteiger partial charge in [0.2, 0.25) is 0 Å². The smallest absolute Gasteiger partial charge is 0.138 e. The Morgan fingerprint density at radius 1 is 1.00 bits per heavy atom. The minimum atomic E-state index is 0.768. The van der Waals surface area contributed by atoms with Crippen molar-refractivity contribution in [1.29, 1.82) is 0 Å². The van der Waals surface area contributed by atoms with E-state index in [4.69, 9.17) is 4.98 Å². The van der Waals surface area contributed by atoms with Gasteiger partial charge in [-0.3, -0.25) is 0 Å². The summed E-state index contributed by atoms with van der Waals surface area (Å²) in [5.74, 6) is 1.79. The number of fused-ring (bicyclic) bond motifs is 1. The zero-order valence-electron chi connectivity index (χ0n) is 12.8. The molecule has 3 nitrogen and oxygen atoms in total. The Hall–Kier alpha value is -1.94. The standard InChI is InChI=1S/C17H19N3S/c1-10-5-11(2)7-13(6-10)9-15-19-16(18-4)14-8-12(3)21-17(14)20-15/h5-8H,9H2,1-4H3,(H,18,19,20). The van der Waals surface area contributed by atoms with Gasteiger partial charge in [-0.05, 0) is 32.4 Å². The molecule has 0 saturated heterocycles. The summed E-state index contributed by atoms with van der Waals surface area (Å²) in [5.41, 5.74) is 3.83.